The highest BCUT2D eigenvalue weighted by molar-refractivity contribution is 6.29. The van der Waals surface area contributed by atoms with Crippen LogP contribution in [0.2, 0.25) is 5.15 Å². The minimum Gasteiger partial charge on any atom is -0.370 e. The van der Waals surface area contributed by atoms with Gasteiger partial charge in [0.1, 0.15) is 28.4 Å². The smallest absolute Gasteiger partial charge is 0.134 e. The number of benzene rings is 1. The first kappa shape index (κ1) is 14.7. The van der Waals surface area contributed by atoms with Gasteiger partial charge in [-0.25, -0.2) is 18.7 Å². The van der Waals surface area contributed by atoms with Gasteiger partial charge in [0, 0.05) is 25.1 Å². The molecule has 0 aliphatic carbocycles. The fourth-order valence-corrected chi connectivity index (χ4v) is 2.00. The van der Waals surface area contributed by atoms with E-state index in [2.05, 4.69) is 15.3 Å². The number of nitrogens with one attached hydrogen (secondary N) is 1. The van der Waals surface area contributed by atoms with Crippen LogP contribution in [0.15, 0.2) is 24.3 Å². The van der Waals surface area contributed by atoms with Gasteiger partial charge in [0.25, 0.3) is 0 Å². The van der Waals surface area contributed by atoms with Gasteiger partial charge in [-0.2, -0.15) is 0 Å². The fraction of sp³-hybridized carbons (Fsp3) is 0.286. The Morgan fingerprint density at radius 2 is 1.80 bits per heavy atom. The molecule has 3 nitrogen and oxygen atoms in total. The van der Waals surface area contributed by atoms with E-state index in [9.17, 15) is 8.78 Å². The molecule has 1 aromatic heterocycles. The van der Waals surface area contributed by atoms with Crippen molar-refractivity contribution in [2.45, 2.75) is 19.8 Å². The molecule has 0 fully saturated rings. The molecule has 0 spiro atoms. The average Bonchev–Trinajstić information content (AvgIpc) is 2.37. The molecule has 0 aliphatic heterocycles. The second-order valence-corrected chi connectivity index (χ2v) is 4.69. The van der Waals surface area contributed by atoms with E-state index in [1.807, 2.05) is 6.92 Å². The number of rotatable bonds is 5. The number of aromatic nitrogens is 2. The van der Waals surface area contributed by atoms with E-state index < -0.39 is 11.6 Å². The van der Waals surface area contributed by atoms with Crippen LogP contribution in [0.3, 0.4) is 0 Å². The van der Waals surface area contributed by atoms with E-state index in [0.29, 0.717) is 41.7 Å². The van der Waals surface area contributed by atoms with E-state index in [0.717, 1.165) is 6.07 Å². The van der Waals surface area contributed by atoms with Crippen molar-refractivity contribution in [3.05, 3.63) is 52.4 Å². The molecule has 0 aliphatic rings. The van der Waals surface area contributed by atoms with Crippen molar-refractivity contribution < 1.29 is 8.78 Å². The van der Waals surface area contributed by atoms with Crippen molar-refractivity contribution in [3.8, 4) is 0 Å². The summed E-state index contributed by atoms with van der Waals surface area (Å²) in [7, 11) is 0. The van der Waals surface area contributed by atoms with Crippen molar-refractivity contribution in [3.63, 3.8) is 0 Å². The summed E-state index contributed by atoms with van der Waals surface area (Å²) in [6.07, 6.45) is 1.17. The Bertz CT molecular complexity index is 585. The molecular formula is C14H14ClF2N3. The highest BCUT2D eigenvalue weighted by Gasteiger charge is 2.03. The Labute approximate surface area is 121 Å². The summed E-state index contributed by atoms with van der Waals surface area (Å²) in [5.41, 5.74) is 0.589. The SMILES string of the molecule is CCc1nc(Cl)cc(NCCc2cc(F)cc(F)c2)n1. The molecule has 2 rings (SSSR count). The minimum atomic E-state index is -0.571. The second kappa shape index (κ2) is 6.61. The number of hydrogen-bond acceptors (Lipinski definition) is 3. The zero-order valence-corrected chi connectivity index (χ0v) is 11.7. The molecule has 0 unspecified atom stereocenters. The molecule has 106 valence electrons. The predicted molar refractivity (Wildman–Crippen MR) is 75.0 cm³/mol. The van der Waals surface area contributed by atoms with Crippen LogP contribution < -0.4 is 5.32 Å². The number of halogens is 3. The Balaban J connectivity index is 1.97. The summed E-state index contributed by atoms with van der Waals surface area (Å²) >= 11 is 5.88. The van der Waals surface area contributed by atoms with Gasteiger partial charge in [0.15, 0.2) is 0 Å². The quantitative estimate of drug-likeness (QED) is 0.857. The van der Waals surface area contributed by atoms with Gasteiger partial charge in [-0.1, -0.05) is 18.5 Å². The fourth-order valence-electron chi connectivity index (χ4n) is 1.80. The van der Waals surface area contributed by atoms with Crippen LogP contribution in [-0.4, -0.2) is 16.5 Å². The molecule has 0 amide bonds. The lowest BCUT2D eigenvalue weighted by Gasteiger charge is -2.07. The molecule has 0 radical (unpaired) electrons. The molecule has 0 bridgehead atoms. The molecule has 20 heavy (non-hydrogen) atoms. The number of anilines is 1. The molecule has 0 atom stereocenters. The monoisotopic (exact) mass is 297 g/mol. The summed E-state index contributed by atoms with van der Waals surface area (Å²) < 4.78 is 26.1. The predicted octanol–water partition coefficient (Wildman–Crippen LogP) is 3.63. The molecule has 1 N–H and O–H groups in total. The van der Waals surface area contributed by atoms with Gasteiger partial charge in [0.05, 0.1) is 0 Å². The standard InChI is InChI=1S/C14H14ClF2N3/c1-2-13-19-12(15)8-14(20-13)18-4-3-9-5-10(16)7-11(17)6-9/h5-8H,2-4H2,1H3,(H,18,19,20). The maximum Gasteiger partial charge on any atom is 0.134 e. The third kappa shape index (κ3) is 4.13. The maximum absolute atomic E-state index is 13.0. The largest absolute Gasteiger partial charge is 0.370 e. The normalized spacial score (nSPS) is 10.6. The van der Waals surface area contributed by atoms with Gasteiger partial charge in [-0.05, 0) is 24.1 Å². The second-order valence-electron chi connectivity index (χ2n) is 4.30. The van der Waals surface area contributed by atoms with Crippen molar-refractivity contribution in [2.24, 2.45) is 0 Å². The minimum absolute atomic E-state index is 0.371. The van der Waals surface area contributed by atoms with Crippen molar-refractivity contribution in [1.82, 2.24) is 9.97 Å². The Hall–Kier alpha value is -1.75. The Morgan fingerprint density at radius 3 is 2.45 bits per heavy atom. The topological polar surface area (TPSA) is 37.8 Å². The summed E-state index contributed by atoms with van der Waals surface area (Å²) in [6.45, 7) is 2.43. The Morgan fingerprint density at radius 1 is 1.10 bits per heavy atom. The average molecular weight is 298 g/mol. The van der Waals surface area contributed by atoms with Crippen LogP contribution in [0, 0.1) is 11.6 Å². The summed E-state index contributed by atoms with van der Waals surface area (Å²) in [5, 5.41) is 3.44. The van der Waals surface area contributed by atoms with Crippen molar-refractivity contribution in [2.75, 3.05) is 11.9 Å². The van der Waals surface area contributed by atoms with Crippen molar-refractivity contribution >= 4 is 17.4 Å². The van der Waals surface area contributed by atoms with E-state index in [1.54, 1.807) is 6.07 Å². The van der Waals surface area contributed by atoms with Gasteiger partial charge in [-0.3, -0.25) is 0 Å². The lowest BCUT2D eigenvalue weighted by molar-refractivity contribution is 0.580. The first-order valence-electron chi connectivity index (χ1n) is 6.29. The first-order valence-corrected chi connectivity index (χ1v) is 6.67. The molecule has 0 saturated carbocycles. The summed E-state index contributed by atoms with van der Waals surface area (Å²) in [5.74, 6) is 0.118. The van der Waals surface area contributed by atoms with Crippen LogP contribution >= 0.6 is 11.6 Å². The van der Waals surface area contributed by atoms with Crippen LogP contribution in [0.4, 0.5) is 14.6 Å². The van der Waals surface area contributed by atoms with Crippen molar-refractivity contribution in [1.29, 1.82) is 0 Å². The van der Waals surface area contributed by atoms with Crippen LogP contribution in [0.25, 0.3) is 0 Å². The molecule has 0 saturated heterocycles. The molecule has 1 heterocycles. The molecule has 6 heteroatoms. The van der Waals surface area contributed by atoms with Gasteiger partial charge in [0.2, 0.25) is 0 Å². The van der Waals surface area contributed by atoms with E-state index in [4.69, 9.17) is 11.6 Å². The highest BCUT2D eigenvalue weighted by Crippen LogP contribution is 2.13. The zero-order chi connectivity index (χ0) is 14.5. The number of hydrogen-bond donors (Lipinski definition) is 1. The lowest BCUT2D eigenvalue weighted by Crippen LogP contribution is -2.08. The summed E-state index contributed by atoms with van der Waals surface area (Å²) in [6, 6.07) is 5.10. The maximum atomic E-state index is 13.0. The Kier molecular flexibility index (Phi) is 4.84. The number of nitrogens with zero attached hydrogens (tertiary/aromatic N) is 2. The van der Waals surface area contributed by atoms with E-state index in [-0.39, 0.29) is 0 Å². The zero-order valence-electron chi connectivity index (χ0n) is 11.0. The van der Waals surface area contributed by atoms with Crippen LogP contribution in [-0.2, 0) is 12.8 Å². The third-order valence-corrected chi connectivity index (χ3v) is 2.89. The first-order chi connectivity index (χ1) is 9.56. The van der Waals surface area contributed by atoms with Gasteiger partial charge >= 0.3 is 0 Å². The third-order valence-electron chi connectivity index (χ3n) is 2.70. The van der Waals surface area contributed by atoms with Gasteiger partial charge in [-0.15, -0.1) is 0 Å². The van der Waals surface area contributed by atoms with Crippen LogP contribution in [0.1, 0.15) is 18.3 Å². The van der Waals surface area contributed by atoms with Crippen LogP contribution in [0.5, 0.6) is 0 Å². The molecular weight excluding hydrogens is 284 g/mol. The molecule has 2 aromatic rings. The van der Waals surface area contributed by atoms with E-state index >= 15 is 0 Å². The molecule has 1 aromatic carbocycles. The lowest BCUT2D eigenvalue weighted by atomic mass is 10.1. The van der Waals surface area contributed by atoms with Gasteiger partial charge < -0.3 is 5.32 Å². The van der Waals surface area contributed by atoms with E-state index in [1.165, 1.54) is 12.1 Å². The summed E-state index contributed by atoms with van der Waals surface area (Å²) in [4.78, 5) is 8.32. The number of aryl methyl sites for hydroxylation is 1. The highest BCUT2D eigenvalue weighted by atomic mass is 35.5.